The number of hydrogen-bond acceptors (Lipinski definition) is 2. The number of carbonyl (C=O) groups excluding carboxylic acids is 1. The first-order valence-corrected chi connectivity index (χ1v) is 5.82. The molecule has 0 spiro atoms. The van der Waals surface area contributed by atoms with E-state index in [0.29, 0.717) is 0 Å². The highest BCUT2D eigenvalue weighted by Crippen LogP contribution is 2.28. The molecule has 0 aliphatic heterocycles. The molecule has 0 amide bonds. The van der Waals surface area contributed by atoms with Crippen LogP contribution in [0.5, 0.6) is 0 Å². The number of carbonyl (C=O) groups is 1. The topological polar surface area (TPSA) is 37.3 Å². The van der Waals surface area contributed by atoms with Crippen LogP contribution in [0.3, 0.4) is 0 Å². The summed E-state index contributed by atoms with van der Waals surface area (Å²) in [5, 5.41) is 9.27. The van der Waals surface area contributed by atoms with Gasteiger partial charge in [-0.15, -0.1) is 0 Å². The quantitative estimate of drug-likeness (QED) is 0.459. The molecule has 0 saturated heterocycles. The standard InChI is InChI=1S/C12H24O2/c1-3-5-7-9-12(10-13,11-14)8-6-4-2/h10,14H,3-9,11H2,1-2H3. The van der Waals surface area contributed by atoms with E-state index in [2.05, 4.69) is 13.8 Å². The molecule has 0 saturated carbocycles. The lowest BCUT2D eigenvalue weighted by molar-refractivity contribution is -0.119. The third-order valence-electron chi connectivity index (χ3n) is 2.87. The maximum Gasteiger partial charge on any atom is 0.128 e. The van der Waals surface area contributed by atoms with Crippen LogP contribution in [-0.4, -0.2) is 18.0 Å². The second-order valence-corrected chi connectivity index (χ2v) is 4.20. The summed E-state index contributed by atoms with van der Waals surface area (Å²) in [6.45, 7) is 4.27. The molecule has 1 atom stereocenters. The van der Waals surface area contributed by atoms with Crippen LogP contribution in [0.4, 0.5) is 0 Å². The van der Waals surface area contributed by atoms with E-state index >= 15 is 0 Å². The number of unbranched alkanes of at least 4 members (excludes halogenated alkanes) is 3. The largest absolute Gasteiger partial charge is 0.395 e. The molecule has 2 nitrogen and oxygen atoms in total. The highest BCUT2D eigenvalue weighted by atomic mass is 16.3. The zero-order valence-electron chi connectivity index (χ0n) is 9.59. The summed E-state index contributed by atoms with van der Waals surface area (Å²) >= 11 is 0. The van der Waals surface area contributed by atoms with E-state index in [0.717, 1.165) is 51.2 Å². The maximum absolute atomic E-state index is 11.0. The van der Waals surface area contributed by atoms with Gasteiger partial charge in [0.05, 0.1) is 6.61 Å². The van der Waals surface area contributed by atoms with E-state index in [9.17, 15) is 9.90 Å². The third kappa shape index (κ3) is 4.75. The molecule has 84 valence electrons. The van der Waals surface area contributed by atoms with Crippen molar-refractivity contribution in [2.45, 2.75) is 58.8 Å². The molecule has 0 aliphatic rings. The molecule has 0 aromatic heterocycles. The van der Waals surface area contributed by atoms with E-state index in [4.69, 9.17) is 0 Å². The highest BCUT2D eigenvalue weighted by molar-refractivity contribution is 5.59. The number of hydrogen-bond donors (Lipinski definition) is 1. The van der Waals surface area contributed by atoms with Crippen LogP contribution >= 0.6 is 0 Å². The fourth-order valence-electron chi connectivity index (χ4n) is 1.69. The molecule has 0 rings (SSSR count). The average molecular weight is 200 g/mol. The maximum atomic E-state index is 11.0. The summed E-state index contributed by atoms with van der Waals surface area (Å²) in [5.74, 6) is 0. The van der Waals surface area contributed by atoms with E-state index < -0.39 is 5.41 Å². The van der Waals surface area contributed by atoms with Crippen molar-refractivity contribution < 1.29 is 9.90 Å². The smallest absolute Gasteiger partial charge is 0.128 e. The van der Waals surface area contributed by atoms with Crippen LogP contribution in [0, 0.1) is 5.41 Å². The van der Waals surface area contributed by atoms with Gasteiger partial charge in [0.15, 0.2) is 0 Å². The normalized spacial score (nSPS) is 15.1. The van der Waals surface area contributed by atoms with Gasteiger partial charge in [0.1, 0.15) is 6.29 Å². The van der Waals surface area contributed by atoms with Gasteiger partial charge < -0.3 is 9.90 Å². The molecule has 0 bridgehead atoms. The number of rotatable bonds is 9. The summed E-state index contributed by atoms with van der Waals surface area (Å²) in [6.07, 6.45) is 8.15. The van der Waals surface area contributed by atoms with E-state index in [-0.39, 0.29) is 6.61 Å². The van der Waals surface area contributed by atoms with Gasteiger partial charge in [-0.3, -0.25) is 0 Å². The van der Waals surface area contributed by atoms with Crippen molar-refractivity contribution in [3.8, 4) is 0 Å². The van der Waals surface area contributed by atoms with Crippen LogP contribution in [0.25, 0.3) is 0 Å². The number of aliphatic hydroxyl groups is 1. The van der Waals surface area contributed by atoms with Gasteiger partial charge in [-0.25, -0.2) is 0 Å². The van der Waals surface area contributed by atoms with Gasteiger partial charge in [-0.05, 0) is 12.8 Å². The van der Waals surface area contributed by atoms with Crippen LogP contribution < -0.4 is 0 Å². The average Bonchev–Trinajstić information content (AvgIpc) is 2.24. The summed E-state index contributed by atoms with van der Waals surface area (Å²) in [7, 11) is 0. The van der Waals surface area contributed by atoms with Gasteiger partial charge in [0, 0.05) is 5.41 Å². The van der Waals surface area contributed by atoms with Crippen LogP contribution in [0.2, 0.25) is 0 Å². The molecule has 0 aromatic rings. The van der Waals surface area contributed by atoms with Gasteiger partial charge in [0.25, 0.3) is 0 Å². The van der Waals surface area contributed by atoms with Crippen molar-refractivity contribution >= 4 is 6.29 Å². The highest BCUT2D eigenvalue weighted by Gasteiger charge is 2.27. The first-order valence-electron chi connectivity index (χ1n) is 5.82. The minimum absolute atomic E-state index is 0.0141. The molecule has 2 heteroatoms. The van der Waals surface area contributed by atoms with Crippen molar-refractivity contribution in [2.24, 2.45) is 5.41 Å². The summed E-state index contributed by atoms with van der Waals surface area (Å²) < 4.78 is 0. The Morgan fingerprint density at radius 3 is 2.07 bits per heavy atom. The zero-order chi connectivity index (χ0) is 10.9. The molecule has 1 unspecified atom stereocenters. The molecule has 0 aliphatic carbocycles. The number of aliphatic hydroxyl groups excluding tert-OH is 1. The van der Waals surface area contributed by atoms with Gasteiger partial charge in [-0.1, -0.05) is 46.0 Å². The van der Waals surface area contributed by atoms with Gasteiger partial charge >= 0.3 is 0 Å². The lowest BCUT2D eigenvalue weighted by Gasteiger charge is -2.25. The van der Waals surface area contributed by atoms with Crippen molar-refractivity contribution in [1.82, 2.24) is 0 Å². The fraction of sp³-hybridized carbons (Fsp3) is 0.917. The molecule has 14 heavy (non-hydrogen) atoms. The summed E-state index contributed by atoms with van der Waals surface area (Å²) in [6, 6.07) is 0. The van der Waals surface area contributed by atoms with Crippen molar-refractivity contribution in [3.05, 3.63) is 0 Å². The molecule has 1 N–H and O–H groups in total. The van der Waals surface area contributed by atoms with E-state index in [1.54, 1.807) is 0 Å². The van der Waals surface area contributed by atoms with E-state index in [1.807, 2.05) is 0 Å². The van der Waals surface area contributed by atoms with Crippen LogP contribution in [-0.2, 0) is 4.79 Å². The lowest BCUT2D eigenvalue weighted by Crippen LogP contribution is -2.27. The first kappa shape index (κ1) is 13.6. The summed E-state index contributed by atoms with van der Waals surface area (Å²) in [4.78, 5) is 11.0. The molecular weight excluding hydrogens is 176 g/mol. The van der Waals surface area contributed by atoms with E-state index in [1.165, 1.54) is 0 Å². The SMILES string of the molecule is CCCCCC(C=O)(CO)CCCC. The lowest BCUT2D eigenvalue weighted by atomic mass is 9.80. The Balaban J connectivity index is 4.00. The van der Waals surface area contributed by atoms with Gasteiger partial charge in [-0.2, -0.15) is 0 Å². The molecular formula is C12H24O2. The minimum Gasteiger partial charge on any atom is -0.395 e. The van der Waals surface area contributed by atoms with Crippen molar-refractivity contribution in [1.29, 1.82) is 0 Å². The fourth-order valence-corrected chi connectivity index (χ4v) is 1.69. The Hall–Kier alpha value is -0.370. The zero-order valence-corrected chi connectivity index (χ0v) is 9.59. The van der Waals surface area contributed by atoms with Crippen molar-refractivity contribution in [2.75, 3.05) is 6.61 Å². The van der Waals surface area contributed by atoms with Gasteiger partial charge in [0.2, 0.25) is 0 Å². The predicted molar refractivity (Wildman–Crippen MR) is 59.2 cm³/mol. The van der Waals surface area contributed by atoms with Crippen LogP contribution in [0.1, 0.15) is 58.8 Å². The Morgan fingerprint density at radius 2 is 1.64 bits per heavy atom. The number of aldehydes is 1. The molecule has 0 radical (unpaired) electrons. The molecule has 0 fully saturated rings. The second-order valence-electron chi connectivity index (χ2n) is 4.20. The Morgan fingerprint density at radius 1 is 1.07 bits per heavy atom. The monoisotopic (exact) mass is 200 g/mol. The summed E-state index contributed by atoms with van der Waals surface area (Å²) in [5.41, 5.74) is -0.439. The van der Waals surface area contributed by atoms with Crippen molar-refractivity contribution in [3.63, 3.8) is 0 Å². The molecule has 0 heterocycles. The second kappa shape index (κ2) is 7.98. The predicted octanol–water partition coefficient (Wildman–Crippen LogP) is 2.93. The van der Waals surface area contributed by atoms with Crippen LogP contribution in [0.15, 0.2) is 0 Å². The Labute approximate surface area is 87.7 Å². The Kier molecular flexibility index (Phi) is 7.77. The molecule has 0 aromatic carbocycles. The minimum atomic E-state index is -0.439. The third-order valence-corrected chi connectivity index (χ3v) is 2.87. The Bertz CT molecular complexity index is 145. The first-order chi connectivity index (χ1) is 6.74.